The summed E-state index contributed by atoms with van der Waals surface area (Å²) >= 11 is 6.10. The molecule has 3 rings (SSSR count). The van der Waals surface area contributed by atoms with Crippen molar-refractivity contribution in [2.24, 2.45) is 5.18 Å². The molecule has 0 aliphatic heterocycles. The summed E-state index contributed by atoms with van der Waals surface area (Å²) < 4.78 is 14.1. The molecule has 0 aliphatic carbocycles. The van der Waals surface area contributed by atoms with E-state index in [4.69, 9.17) is 11.6 Å². The lowest BCUT2D eigenvalue weighted by Gasteiger charge is -2.10. The maximum atomic E-state index is 14.1. The van der Waals surface area contributed by atoms with Crippen molar-refractivity contribution in [2.75, 3.05) is 0 Å². The number of aromatic nitrogens is 1. The third-order valence-corrected chi connectivity index (χ3v) is 3.62. The predicted molar refractivity (Wildman–Crippen MR) is 82.3 cm³/mol. The first kappa shape index (κ1) is 14.3. The Morgan fingerprint density at radius 2 is 2.00 bits per heavy atom. The number of carbonyl (C=O) groups excluding carboxylic acids is 1. The number of amides is 1. The molecule has 0 N–H and O–H groups in total. The minimum atomic E-state index is -0.892. The molecule has 1 amide bonds. The molecule has 0 saturated carbocycles. The van der Waals surface area contributed by atoms with Crippen LogP contribution in [-0.2, 0) is 0 Å². The van der Waals surface area contributed by atoms with E-state index in [1.807, 2.05) is 0 Å². The number of nitrogens with zero attached hydrogens (tertiary/aromatic N) is 2. The van der Waals surface area contributed by atoms with Gasteiger partial charge in [-0.25, -0.2) is 4.39 Å². The zero-order chi connectivity index (χ0) is 15.7. The highest BCUT2D eigenvalue weighted by atomic mass is 35.5. The quantitative estimate of drug-likeness (QED) is 0.649. The van der Waals surface area contributed by atoms with Crippen molar-refractivity contribution in [3.05, 3.63) is 70.0 Å². The van der Waals surface area contributed by atoms with E-state index in [9.17, 15) is 14.1 Å². The van der Waals surface area contributed by atoms with Crippen LogP contribution in [0.5, 0.6) is 0 Å². The van der Waals surface area contributed by atoms with E-state index in [0.29, 0.717) is 16.5 Å². The fraction of sp³-hybridized carbons (Fsp3) is 0. The van der Waals surface area contributed by atoms with Crippen molar-refractivity contribution in [2.45, 2.75) is 0 Å². The second-order valence-electron chi connectivity index (χ2n) is 4.58. The first-order valence-corrected chi connectivity index (χ1v) is 6.70. The topological polar surface area (TPSA) is 59.4 Å². The van der Waals surface area contributed by atoms with Gasteiger partial charge >= 0.3 is 5.91 Å². The van der Waals surface area contributed by atoms with E-state index >= 15 is 0 Å². The van der Waals surface area contributed by atoms with E-state index in [-0.39, 0.29) is 16.1 Å². The molecule has 1 aromatic heterocycles. The van der Waals surface area contributed by atoms with Crippen LogP contribution in [0, 0.1) is 10.7 Å². The van der Waals surface area contributed by atoms with Gasteiger partial charge in [0, 0.05) is 27.9 Å². The molecule has 22 heavy (non-hydrogen) atoms. The average molecular weight is 315 g/mol. The third kappa shape index (κ3) is 2.35. The number of pyridine rings is 1. The Hall–Kier alpha value is -2.66. The number of hydrogen-bond donors (Lipinski definition) is 0. The van der Waals surface area contributed by atoms with Crippen LogP contribution < -0.4 is 0 Å². The summed E-state index contributed by atoms with van der Waals surface area (Å²) in [5, 5.41) is 3.16. The van der Waals surface area contributed by atoms with Crippen LogP contribution in [0.4, 0.5) is 4.39 Å². The van der Waals surface area contributed by atoms with Crippen molar-refractivity contribution >= 4 is 28.4 Å². The molecule has 3 aromatic rings. The highest BCUT2D eigenvalue weighted by Gasteiger charge is 2.15. The minimum Gasteiger partial charge on any atom is -0.263 e. The van der Waals surface area contributed by atoms with E-state index in [0.717, 1.165) is 0 Å². The van der Waals surface area contributed by atoms with E-state index in [1.165, 1.54) is 30.5 Å². The van der Waals surface area contributed by atoms with Crippen molar-refractivity contribution in [3.63, 3.8) is 0 Å². The van der Waals surface area contributed by atoms with Crippen LogP contribution in [0.25, 0.3) is 22.0 Å². The normalized spacial score (nSPS) is 10.6. The summed E-state index contributed by atoms with van der Waals surface area (Å²) in [6, 6.07) is 10.5. The number of halogens is 2. The fourth-order valence-corrected chi connectivity index (χ4v) is 2.57. The molecule has 0 radical (unpaired) electrons. The molecule has 0 saturated heterocycles. The SMILES string of the molecule is O=NC(=O)c1ccc2nccc(-c3c(F)cccc3Cl)c2c1. The molecular weight excluding hydrogens is 307 g/mol. The summed E-state index contributed by atoms with van der Waals surface area (Å²) in [5.41, 5.74) is 1.39. The van der Waals surface area contributed by atoms with Crippen LogP contribution >= 0.6 is 11.6 Å². The number of carbonyl (C=O) groups is 1. The largest absolute Gasteiger partial charge is 0.316 e. The number of nitroso groups, excluding NO2 is 1. The summed E-state index contributed by atoms with van der Waals surface area (Å²) in [7, 11) is 0. The van der Waals surface area contributed by atoms with Gasteiger partial charge in [0.25, 0.3) is 0 Å². The predicted octanol–water partition coefficient (Wildman–Crippen LogP) is 4.60. The molecule has 0 unspecified atom stereocenters. The van der Waals surface area contributed by atoms with Crippen LogP contribution in [0.1, 0.15) is 10.4 Å². The standard InChI is InChI=1S/C16H8ClFN2O2/c17-12-2-1-3-13(18)15(12)10-6-7-19-14-5-4-9(8-11(10)14)16(21)20-22/h1-8H. The highest BCUT2D eigenvalue weighted by Crippen LogP contribution is 2.35. The minimum absolute atomic E-state index is 0.115. The van der Waals surface area contributed by atoms with Crippen LogP contribution in [-0.4, -0.2) is 10.9 Å². The second-order valence-corrected chi connectivity index (χ2v) is 4.99. The molecule has 0 bridgehead atoms. The molecule has 0 aliphatic rings. The smallest absolute Gasteiger partial charge is 0.263 e. The molecule has 4 nitrogen and oxygen atoms in total. The van der Waals surface area contributed by atoms with Gasteiger partial charge in [-0.3, -0.25) is 9.78 Å². The number of hydrogen-bond acceptors (Lipinski definition) is 3. The van der Waals surface area contributed by atoms with Crippen LogP contribution in [0.3, 0.4) is 0 Å². The summed E-state index contributed by atoms with van der Waals surface area (Å²) in [6.07, 6.45) is 1.53. The summed E-state index contributed by atoms with van der Waals surface area (Å²) in [4.78, 5) is 26.0. The zero-order valence-electron chi connectivity index (χ0n) is 11.1. The molecule has 2 aromatic carbocycles. The lowest BCUT2D eigenvalue weighted by Crippen LogP contribution is -1.95. The van der Waals surface area contributed by atoms with E-state index < -0.39 is 11.7 Å². The number of fused-ring (bicyclic) bond motifs is 1. The lowest BCUT2D eigenvalue weighted by molar-refractivity contribution is 0.100. The van der Waals surface area contributed by atoms with Gasteiger partial charge in [0.1, 0.15) is 5.82 Å². The van der Waals surface area contributed by atoms with Gasteiger partial charge in [0.15, 0.2) is 0 Å². The average Bonchev–Trinajstić information content (AvgIpc) is 2.53. The van der Waals surface area contributed by atoms with Crippen molar-refractivity contribution < 1.29 is 9.18 Å². The first-order valence-electron chi connectivity index (χ1n) is 6.32. The maximum absolute atomic E-state index is 14.1. The molecule has 6 heteroatoms. The molecule has 0 spiro atoms. The van der Waals surface area contributed by atoms with Crippen LogP contribution in [0.2, 0.25) is 5.02 Å². The molecule has 0 atom stereocenters. The second kappa shape index (κ2) is 5.61. The first-order chi connectivity index (χ1) is 10.6. The van der Waals surface area contributed by atoms with Crippen molar-refractivity contribution in [1.82, 2.24) is 4.98 Å². The molecule has 108 valence electrons. The molecule has 0 fully saturated rings. The number of rotatable bonds is 2. The van der Waals surface area contributed by atoms with Gasteiger partial charge in [-0.1, -0.05) is 17.7 Å². The summed E-state index contributed by atoms with van der Waals surface area (Å²) in [6.45, 7) is 0. The van der Waals surface area contributed by atoms with Gasteiger partial charge < -0.3 is 0 Å². The fourth-order valence-electron chi connectivity index (χ4n) is 2.31. The van der Waals surface area contributed by atoms with Crippen LogP contribution in [0.15, 0.2) is 53.8 Å². The Balaban J connectivity index is 2.34. The highest BCUT2D eigenvalue weighted by molar-refractivity contribution is 6.33. The zero-order valence-corrected chi connectivity index (χ0v) is 11.8. The Morgan fingerprint density at radius 1 is 1.18 bits per heavy atom. The van der Waals surface area contributed by atoms with Gasteiger partial charge in [0.05, 0.1) is 10.5 Å². The Kier molecular flexibility index (Phi) is 3.65. The Labute approximate surface area is 129 Å². The Morgan fingerprint density at radius 3 is 2.73 bits per heavy atom. The summed E-state index contributed by atoms with van der Waals surface area (Å²) in [5.74, 6) is -1.37. The van der Waals surface area contributed by atoms with Crippen molar-refractivity contribution in [3.8, 4) is 11.1 Å². The maximum Gasteiger partial charge on any atom is 0.316 e. The third-order valence-electron chi connectivity index (χ3n) is 3.30. The molecule has 1 heterocycles. The molecular formula is C16H8ClFN2O2. The van der Waals surface area contributed by atoms with E-state index in [1.54, 1.807) is 18.2 Å². The van der Waals surface area contributed by atoms with Gasteiger partial charge in [0.2, 0.25) is 0 Å². The number of benzene rings is 2. The lowest BCUT2D eigenvalue weighted by atomic mass is 9.99. The van der Waals surface area contributed by atoms with Gasteiger partial charge in [-0.15, -0.1) is 4.91 Å². The van der Waals surface area contributed by atoms with E-state index in [2.05, 4.69) is 10.2 Å². The van der Waals surface area contributed by atoms with Gasteiger partial charge in [-0.05, 0) is 42.0 Å². The van der Waals surface area contributed by atoms with Gasteiger partial charge in [-0.2, -0.15) is 0 Å². The Bertz CT molecular complexity index is 892. The van der Waals surface area contributed by atoms with Crippen molar-refractivity contribution in [1.29, 1.82) is 0 Å². The monoisotopic (exact) mass is 314 g/mol.